The zero-order valence-corrected chi connectivity index (χ0v) is 13.2. The molecule has 0 spiro atoms. The van der Waals surface area contributed by atoms with Gasteiger partial charge in [0.15, 0.2) is 0 Å². The molecule has 2 N–H and O–H groups in total. The number of benzene rings is 1. The highest BCUT2D eigenvalue weighted by Gasteiger charge is 2.04. The third-order valence-electron chi connectivity index (χ3n) is 3.28. The van der Waals surface area contributed by atoms with Crippen LogP contribution in [-0.2, 0) is 4.74 Å². The van der Waals surface area contributed by atoms with Gasteiger partial charge in [-0.2, -0.15) is 0 Å². The minimum absolute atomic E-state index is 0.716. The Morgan fingerprint density at radius 1 is 0.850 bits per heavy atom. The largest absolute Gasteiger partial charge is 0.493 e. The second-order valence-electron chi connectivity index (χ2n) is 5.39. The van der Waals surface area contributed by atoms with Crippen LogP contribution in [0.4, 0.5) is 0 Å². The Morgan fingerprint density at radius 3 is 2.15 bits per heavy atom. The molecule has 0 aliphatic carbocycles. The van der Waals surface area contributed by atoms with Gasteiger partial charge in [-0.1, -0.05) is 17.7 Å². The van der Waals surface area contributed by atoms with Crippen molar-refractivity contribution in [3.8, 4) is 5.75 Å². The second kappa shape index (κ2) is 9.78. The van der Waals surface area contributed by atoms with Gasteiger partial charge in [-0.15, -0.1) is 0 Å². The summed E-state index contributed by atoms with van der Waals surface area (Å²) in [6, 6.07) is 4.33. The van der Waals surface area contributed by atoms with Gasteiger partial charge in [-0.05, 0) is 57.7 Å². The number of hydrogen-bond donors (Lipinski definition) is 1. The molecular formula is C17H29NO2. The fourth-order valence-electron chi connectivity index (χ4n) is 2.36. The maximum absolute atomic E-state index is 5.87. The summed E-state index contributed by atoms with van der Waals surface area (Å²) in [4.78, 5) is 0. The highest BCUT2D eigenvalue weighted by atomic mass is 16.5. The summed E-state index contributed by atoms with van der Waals surface area (Å²) in [5.41, 5.74) is 9.15. The van der Waals surface area contributed by atoms with Crippen LogP contribution < -0.4 is 10.5 Å². The van der Waals surface area contributed by atoms with E-state index in [1.54, 1.807) is 0 Å². The summed E-state index contributed by atoms with van der Waals surface area (Å²) in [6.07, 6.45) is 4.30. The molecule has 0 aliphatic heterocycles. The molecule has 1 aromatic carbocycles. The van der Waals surface area contributed by atoms with Crippen molar-refractivity contribution in [3.05, 3.63) is 28.8 Å². The third-order valence-corrected chi connectivity index (χ3v) is 3.28. The molecule has 0 atom stereocenters. The van der Waals surface area contributed by atoms with Crippen molar-refractivity contribution in [1.82, 2.24) is 0 Å². The predicted octanol–water partition coefficient (Wildman–Crippen LogP) is 3.53. The van der Waals surface area contributed by atoms with Crippen molar-refractivity contribution in [2.45, 2.75) is 46.5 Å². The molecule has 0 saturated heterocycles. The number of unbranched alkanes of at least 4 members (excludes halogenated alkanes) is 2. The smallest absolute Gasteiger partial charge is 0.125 e. The molecule has 0 heterocycles. The van der Waals surface area contributed by atoms with Crippen molar-refractivity contribution in [2.24, 2.45) is 5.73 Å². The molecule has 0 radical (unpaired) electrons. The molecular weight excluding hydrogens is 250 g/mol. The van der Waals surface area contributed by atoms with Crippen LogP contribution in [0.25, 0.3) is 0 Å². The molecule has 3 heteroatoms. The lowest BCUT2D eigenvalue weighted by molar-refractivity contribution is 0.116. The van der Waals surface area contributed by atoms with Crippen LogP contribution >= 0.6 is 0 Å². The molecule has 1 aromatic rings. The van der Waals surface area contributed by atoms with E-state index in [4.69, 9.17) is 15.2 Å². The monoisotopic (exact) mass is 279 g/mol. The number of ether oxygens (including phenoxy) is 2. The van der Waals surface area contributed by atoms with E-state index in [1.807, 2.05) is 0 Å². The van der Waals surface area contributed by atoms with Crippen molar-refractivity contribution in [1.29, 1.82) is 0 Å². The Morgan fingerprint density at radius 2 is 1.50 bits per heavy atom. The standard InChI is InChI=1S/C17H29NO2/c1-14-12-15(2)17(16(3)13-14)20-11-7-10-19-9-6-4-5-8-18/h12-13H,4-11,18H2,1-3H3. The average Bonchev–Trinajstić information content (AvgIpc) is 2.39. The second-order valence-corrected chi connectivity index (χ2v) is 5.39. The first-order valence-corrected chi connectivity index (χ1v) is 7.63. The van der Waals surface area contributed by atoms with Gasteiger partial charge in [0, 0.05) is 19.6 Å². The van der Waals surface area contributed by atoms with E-state index in [0.717, 1.165) is 51.2 Å². The molecule has 0 aromatic heterocycles. The zero-order chi connectivity index (χ0) is 14.8. The summed E-state index contributed by atoms with van der Waals surface area (Å²) in [5.74, 6) is 1.03. The van der Waals surface area contributed by atoms with Gasteiger partial charge in [0.1, 0.15) is 5.75 Å². The number of nitrogens with two attached hydrogens (primary N) is 1. The van der Waals surface area contributed by atoms with Crippen LogP contribution in [0.3, 0.4) is 0 Å². The maximum Gasteiger partial charge on any atom is 0.125 e. The molecule has 20 heavy (non-hydrogen) atoms. The maximum atomic E-state index is 5.87. The van der Waals surface area contributed by atoms with Crippen molar-refractivity contribution in [2.75, 3.05) is 26.4 Å². The third kappa shape index (κ3) is 6.40. The fraction of sp³-hybridized carbons (Fsp3) is 0.647. The van der Waals surface area contributed by atoms with Crippen LogP contribution in [0.5, 0.6) is 5.75 Å². The van der Waals surface area contributed by atoms with Gasteiger partial charge in [0.2, 0.25) is 0 Å². The lowest BCUT2D eigenvalue weighted by atomic mass is 10.1. The molecule has 1 rings (SSSR count). The minimum Gasteiger partial charge on any atom is -0.493 e. The van der Waals surface area contributed by atoms with Crippen molar-refractivity contribution in [3.63, 3.8) is 0 Å². The summed E-state index contributed by atoms with van der Waals surface area (Å²) in [6.45, 7) is 9.42. The first-order chi connectivity index (χ1) is 9.65. The molecule has 3 nitrogen and oxygen atoms in total. The Hall–Kier alpha value is -1.06. The Labute approximate surface area is 123 Å². The molecule has 0 unspecified atom stereocenters. The Bertz CT molecular complexity index is 368. The Balaban J connectivity index is 2.13. The van der Waals surface area contributed by atoms with Crippen molar-refractivity contribution < 1.29 is 9.47 Å². The average molecular weight is 279 g/mol. The van der Waals surface area contributed by atoms with E-state index in [-0.39, 0.29) is 0 Å². The van der Waals surface area contributed by atoms with E-state index in [0.29, 0.717) is 6.61 Å². The lowest BCUT2D eigenvalue weighted by Crippen LogP contribution is -2.06. The van der Waals surface area contributed by atoms with Gasteiger partial charge in [-0.25, -0.2) is 0 Å². The molecule has 0 bridgehead atoms. The molecule has 0 fully saturated rings. The summed E-state index contributed by atoms with van der Waals surface area (Å²) in [7, 11) is 0. The van der Waals surface area contributed by atoms with E-state index in [1.165, 1.54) is 16.7 Å². The predicted molar refractivity (Wildman–Crippen MR) is 84.5 cm³/mol. The lowest BCUT2D eigenvalue weighted by Gasteiger charge is -2.13. The van der Waals surface area contributed by atoms with Gasteiger partial charge < -0.3 is 15.2 Å². The minimum atomic E-state index is 0.716. The fourth-order valence-corrected chi connectivity index (χ4v) is 2.36. The molecule has 0 amide bonds. The number of rotatable bonds is 10. The van der Waals surface area contributed by atoms with Crippen LogP contribution in [0.2, 0.25) is 0 Å². The normalized spacial score (nSPS) is 10.8. The highest BCUT2D eigenvalue weighted by molar-refractivity contribution is 5.42. The van der Waals surface area contributed by atoms with Gasteiger partial charge in [-0.3, -0.25) is 0 Å². The Kier molecular flexibility index (Phi) is 8.31. The zero-order valence-electron chi connectivity index (χ0n) is 13.2. The topological polar surface area (TPSA) is 44.5 Å². The van der Waals surface area contributed by atoms with Crippen LogP contribution in [0.1, 0.15) is 42.4 Å². The van der Waals surface area contributed by atoms with Gasteiger partial charge >= 0.3 is 0 Å². The van der Waals surface area contributed by atoms with E-state index < -0.39 is 0 Å². The summed E-state index contributed by atoms with van der Waals surface area (Å²) in [5, 5.41) is 0. The van der Waals surface area contributed by atoms with E-state index in [9.17, 15) is 0 Å². The highest BCUT2D eigenvalue weighted by Crippen LogP contribution is 2.24. The van der Waals surface area contributed by atoms with Crippen LogP contribution in [0.15, 0.2) is 12.1 Å². The quantitative estimate of drug-likeness (QED) is 0.666. The SMILES string of the molecule is Cc1cc(C)c(OCCCOCCCCCN)c(C)c1. The molecule has 0 saturated carbocycles. The number of hydrogen-bond acceptors (Lipinski definition) is 3. The first-order valence-electron chi connectivity index (χ1n) is 7.63. The van der Waals surface area contributed by atoms with Crippen molar-refractivity contribution >= 4 is 0 Å². The number of aryl methyl sites for hydroxylation is 3. The van der Waals surface area contributed by atoms with Gasteiger partial charge in [0.05, 0.1) is 6.61 Å². The summed E-state index contributed by atoms with van der Waals surface area (Å²) < 4.78 is 11.4. The molecule has 0 aliphatic rings. The molecule has 114 valence electrons. The van der Waals surface area contributed by atoms with Crippen LogP contribution in [-0.4, -0.2) is 26.4 Å². The first kappa shape index (κ1) is 17.0. The van der Waals surface area contributed by atoms with Gasteiger partial charge in [0.25, 0.3) is 0 Å². The van der Waals surface area contributed by atoms with E-state index >= 15 is 0 Å². The summed E-state index contributed by atoms with van der Waals surface area (Å²) >= 11 is 0. The van der Waals surface area contributed by atoms with E-state index in [2.05, 4.69) is 32.9 Å². The van der Waals surface area contributed by atoms with Crippen LogP contribution in [0, 0.1) is 20.8 Å².